The normalized spacial score (nSPS) is 26.9. The second-order valence-corrected chi connectivity index (χ2v) is 5.71. The number of benzene rings is 1. The molecular weight excluding hydrogens is 238 g/mol. The topological polar surface area (TPSA) is 29.5 Å². The average molecular weight is 256 g/mol. The van der Waals surface area contributed by atoms with Gasteiger partial charge in [-0.2, -0.15) is 0 Å². The van der Waals surface area contributed by atoms with Crippen LogP contribution in [-0.4, -0.2) is 17.3 Å². The van der Waals surface area contributed by atoms with Gasteiger partial charge in [0.2, 0.25) is 0 Å². The molecule has 0 saturated heterocycles. The number of halogens is 2. The van der Waals surface area contributed by atoms with Gasteiger partial charge in [0.25, 0.3) is 0 Å². The van der Waals surface area contributed by atoms with Gasteiger partial charge in [0, 0.05) is 6.07 Å². The van der Waals surface area contributed by atoms with Crippen molar-refractivity contribution in [2.75, 3.05) is 0 Å². The van der Waals surface area contributed by atoms with Crippen LogP contribution in [-0.2, 0) is 0 Å². The zero-order chi connectivity index (χ0) is 13.3. The van der Waals surface area contributed by atoms with Crippen molar-refractivity contribution in [3.63, 3.8) is 0 Å². The molecule has 0 aliphatic heterocycles. The van der Waals surface area contributed by atoms with Crippen LogP contribution in [0, 0.1) is 17.0 Å². The second kappa shape index (κ2) is 4.84. The van der Waals surface area contributed by atoms with E-state index >= 15 is 0 Å². The van der Waals surface area contributed by atoms with Crippen LogP contribution in [0.15, 0.2) is 18.2 Å². The molecule has 18 heavy (non-hydrogen) atoms. The Balaban J connectivity index is 2.12. The minimum Gasteiger partial charge on any atom is -0.485 e. The fourth-order valence-corrected chi connectivity index (χ4v) is 2.36. The van der Waals surface area contributed by atoms with Gasteiger partial charge < -0.3 is 9.84 Å². The van der Waals surface area contributed by atoms with E-state index in [0.717, 1.165) is 18.6 Å². The molecule has 0 spiro atoms. The molecule has 2 unspecified atom stereocenters. The van der Waals surface area contributed by atoms with E-state index in [1.165, 1.54) is 6.07 Å². The summed E-state index contributed by atoms with van der Waals surface area (Å²) >= 11 is 0. The Labute approximate surface area is 106 Å². The van der Waals surface area contributed by atoms with Crippen molar-refractivity contribution in [2.24, 2.45) is 5.41 Å². The predicted molar refractivity (Wildman–Crippen MR) is 64.4 cm³/mol. The summed E-state index contributed by atoms with van der Waals surface area (Å²) in [5.41, 5.74) is 0.0698. The number of aliphatic hydroxyl groups is 1. The molecular formula is C14H18F2O2. The first-order chi connectivity index (χ1) is 8.37. The first-order valence-corrected chi connectivity index (χ1v) is 6.17. The van der Waals surface area contributed by atoms with Crippen LogP contribution < -0.4 is 4.74 Å². The summed E-state index contributed by atoms with van der Waals surface area (Å²) in [5, 5.41) is 9.89. The van der Waals surface area contributed by atoms with Crippen LogP contribution in [0.4, 0.5) is 8.78 Å². The van der Waals surface area contributed by atoms with Gasteiger partial charge in [-0.1, -0.05) is 13.8 Å². The molecule has 2 nitrogen and oxygen atoms in total. The Hall–Kier alpha value is -1.16. The predicted octanol–water partition coefficient (Wildman–Crippen LogP) is 3.28. The monoisotopic (exact) mass is 256 g/mol. The van der Waals surface area contributed by atoms with Crippen molar-refractivity contribution < 1.29 is 18.6 Å². The molecule has 1 aliphatic rings. The molecule has 0 amide bonds. The van der Waals surface area contributed by atoms with Crippen LogP contribution in [0.2, 0.25) is 0 Å². The minimum absolute atomic E-state index is 0.00171. The highest BCUT2D eigenvalue weighted by Gasteiger charge is 2.35. The van der Waals surface area contributed by atoms with Crippen molar-refractivity contribution in [3.05, 3.63) is 29.8 Å². The van der Waals surface area contributed by atoms with Crippen molar-refractivity contribution in [1.82, 2.24) is 0 Å². The van der Waals surface area contributed by atoms with Gasteiger partial charge in [-0.25, -0.2) is 8.78 Å². The summed E-state index contributed by atoms with van der Waals surface area (Å²) < 4.78 is 31.8. The molecule has 0 aromatic heterocycles. The van der Waals surface area contributed by atoms with Crippen LogP contribution in [0.25, 0.3) is 0 Å². The van der Waals surface area contributed by atoms with Crippen LogP contribution in [0.1, 0.15) is 33.1 Å². The second-order valence-electron chi connectivity index (χ2n) is 5.71. The molecule has 2 rings (SSSR count). The fourth-order valence-electron chi connectivity index (χ4n) is 2.36. The van der Waals surface area contributed by atoms with Crippen LogP contribution in [0.3, 0.4) is 0 Å². The maximum atomic E-state index is 13.5. The molecule has 0 radical (unpaired) electrons. The highest BCUT2D eigenvalue weighted by Crippen LogP contribution is 2.37. The molecule has 2 atom stereocenters. The molecule has 100 valence electrons. The van der Waals surface area contributed by atoms with Gasteiger partial charge in [0.05, 0.1) is 6.10 Å². The Bertz CT molecular complexity index is 432. The number of ether oxygens (including phenoxy) is 1. The van der Waals surface area contributed by atoms with E-state index in [-0.39, 0.29) is 11.2 Å². The first kappa shape index (κ1) is 13.3. The summed E-state index contributed by atoms with van der Waals surface area (Å²) in [6, 6.07) is 3.20. The molecule has 1 aliphatic carbocycles. The molecule has 0 bridgehead atoms. The van der Waals surface area contributed by atoms with E-state index in [2.05, 4.69) is 13.8 Å². The van der Waals surface area contributed by atoms with Crippen molar-refractivity contribution in [3.8, 4) is 5.75 Å². The molecule has 1 aromatic rings. The summed E-state index contributed by atoms with van der Waals surface area (Å²) in [7, 11) is 0. The van der Waals surface area contributed by atoms with E-state index in [0.29, 0.717) is 12.8 Å². The fraction of sp³-hybridized carbons (Fsp3) is 0.571. The zero-order valence-corrected chi connectivity index (χ0v) is 10.6. The maximum Gasteiger partial charge on any atom is 0.167 e. The van der Waals surface area contributed by atoms with E-state index < -0.39 is 23.8 Å². The third-order valence-electron chi connectivity index (χ3n) is 3.47. The van der Waals surface area contributed by atoms with Gasteiger partial charge >= 0.3 is 0 Å². The van der Waals surface area contributed by atoms with E-state index in [1.807, 2.05) is 0 Å². The lowest BCUT2D eigenvalue weighted by Gasteiger charge is -2.38. The van der Waals surface area contributed by atoms with Crippen molar-refractivity contribution in [1.29, 1.82) is 0 Å². The lowest BCUT2D eigenvalue weighted by Crippen LogP contribution is -2.41. The Morgan fingerprint density at radius 2 is 2.06 bits per heavy atom. The zero-order valence-electron chi connectivity index (χ0n) is 10.6. The average Bonchev–Trinajstić information content (AvgIpc) is 2.27. The number of hydrogen-bond donors (Lipinski definition) is 1. The standard InChI is InChI=1S/C14H18F2O2/c1-14(2)6-5-11(17)13(8-14)18-12-4-3-9(15)7-10(12)16/h3-4,7,11,13,17H,5-6,8H2,1-2H3. The Morgan fingerprint density at radius 3 is 2.72 bits per heavy atom. The van der Waals surface area contributed by atoms with E-state index in [4.69, 9.17) is 4.74 Å². The molecule has 4 heteroatoms. The smallest absolute Gasteiger partial charge is 0.167 e. The molecule has 1 saturated carbocycles. The summed E-state index contributed by atoms with van der Waals surface area (Å²) in [6.07, 6.45) is 1.18. The number of rotatable bonds is 2. The number of aliphatic hydroxyl groups excluding tert-OH is 1. The maximum absolute atomic E-state index is 13.5. The highest BCUT2D eigenvalue weighted by molar-refractivity contribution is 5.25. The van der Waals surface area contributed by atoms with E-state index in [9.17, 15) is 13.9 Å². The van der Waals surface area contributed by atoms with Gasteiger partial charge in [-0.05, 0) is 36.8 Å². The van der Waals surface area contributed by atoms with Crippen molar-refractivity contribution in [2.45, 2.75) is 45.3 Å². The first-order valence-electron chi connectivity index (χ1n) is 6.17. The highest BCUT2D eigenvalue weighted by atomic mass is 19.1. The summed E-state index contributed by atoms with van der Waals surface area (Å²) in [4.78, 5) is 0. The molecule has 1 fully saturated rings. The summed E-state index contributed by atoms with van der Waals surface area (Å²) in [6.45, 7) is 4.19. The van der Waals surface area contributed by atoms with Gasteiger partial charge in [-0.15, -0.1) is 0 Å². The molecule has 1 aromatic carbocycles. The molecule has 0 heterocycles. The third-order valence-corrected chi connectivity index (χ3v) is 3.47. The van der Waals surface area contributed by atoms with Gasteiger partial charge in [0.1, 0.15) is 11.9 Å². The third kappa shape index (κ3) is 2.99. The quantitative estimate of drug-likeness (QED) is 0.880. The SMILES string of the molecule is CC1(C)CCC(O)C(Oc2ccc(F)cc2F)C1. The minimum atomic E-state index is -0.731. The van der Waals surface area contributed by atoms with Gasteiger partial charge in [0.15, 0.2) is 11.6 Å². The van der Waals surface area contributed by atoms with Crippen LogP contribution >= 0.6 is 0 Å². The number of hydrogen-bond acceptors (Lipinski definition) is 2. The summed E-state index contributed by atoms with van der Waals surface area (Å²) in [5.74, 6) is -1.37. The Morgan fingerprint density at radius 1 is 1.33 bits per heavy atom. The largest absolute Gasteiger partial charge is 0.485 e. The van der Waals surface area contributed by atoms with E-state index in [1.54, 1.807) is 0 Å². The molecule has 1 N–H and O–H groups in total. The van der Waals surface area contributed by atoms with Crippen molar-refractivity contribution >= 4 is 0 Å². The van der Waals surface area contributed by atoms with Gasteiger partial charge in [-0.3, -0.25) is 0 Å². The van der Waals surface area contributed by atoms with Crippen LogP contribution in [0.5, 0.6) is 5.75 Å². The Kier molecular flexibility index (Phi) is 3.57. The lowest BCUT2D eigenvalue weighted by atomic mass is 9.75. The lowest BCUT2D eigenvalue weighted by molar-refractivity contribution is -0.0319.